The molecule has 0 bridgehead atoms. The molecular formula is C17H32F2. The Balaban J connectivity index is 3.01. The zero-order valence-corrected chi connectivity index (χ0v) is 12.5. The van der Waals surface area contributed by atoms with Crippen LogP contribution in [0.1, 0.15) is 83.5 Å². The van der Waals surface area contributed by atoms with Crippen molar-refractivity contribution in [1.82, 2.24) is 0 Å². The summed E-state index contributed by atoms with van der Waals surface area (Å²) in [6.45, 7) is -0.315. The minimum atomic E-state index is -0.159. The van der Waals surface area contributed by atoms with Gasteiger partial charge in [0.25, 0.3) is 0 Å². The Morgan fingerprint density at radius 1 is 0.421 bits per heavy atom. The van der Waals surface area contributed by atoms with Gasteiger partial charge in [0.15, 0.2) is 0 Å². The van der Waals surface area contributed by atoms with E-state index >= 15 is 0 Å². The summed E-state index contributed by atoms with van der Waals surface area (Å²) in [5.74, 6) is 0. The molecule has 0 nitrogen and oxygen atoms in total. The van der Waals surface area contributed by atoms with Crippen molar-refractivity contribution in [3.8, 4) is 0 Å². The van der Waals surface area contributed by atoms with Crippen molar-refractivity contribution in [2.24, 2.45) is 0 Å². The summed E-state index contributed by atoms with van der Waals surface area (Å²) in [5, 5.41) is 0. The highest BCUT2D eigenvalue weighted by Gasteiger charge is 1.91. The number of unbranched alkanes of at least 4 members (excludes halogenated alkanes) is 11. The Labute approximate surface area is 118 Å². The molecule has 0 spiro atoms. The van der Waals surface area contributed by atoms with Gasteiger partial charge in [-0.3, -0.25) is 8.78 Å². The summed E-state index contributed by atoms with van der Waals surface area (Å²) in [4.78, 5) is 0. The molecule has 0 aliphatic heterocycles. The molecule has 0 radical (unpaired) electrons. The van der Waals surface area contributed by atoms with Gasteiger partial charge in [-0.1, -0.05) is 57.1 Å². The van der Waals surface area contributed by atoms with Crippen molar-refractivity contribution in [2.75, 3.05) is 13.3 Å². The van der Waals surface area contributed by atoms with Gasteiger partial charge >= 0.3 is 0 Å². The highest BCUT2D eigenvalue weighted by atomic mass is 19.1. The second-order valence-corrected chi connectivity index (χ2v) is 5.32. The SMILES string of the molecule is FCCCCCCCC=CCCCCCCCCF. The minimum Gasteiger partial charge on any atom is -0.251 e. The first-order valence-corrected chi connectivity index (χ1v) is 8.18. The fraction of sp³-hybridized carbons (Fsp3) is 0.882. The molecule has 0 N–H and O–H groups in total. The van der Waals surface area contributed by atoms with E-state index in [9.17, 15) is 8.78 Å². The van der Waals surface area contributed by atoms with Crippen LogP contribution < -0.4 is 0 Å². The molecule has 0 aromatic carbocycles. The minimum absolute atomic E-state index is 0.156. The Morgan fingerprint density at radius 2 is 0.737 bits per heavy atom. The predicted molar refractivity (Wildman–Crippen MR) is 81.1 cm³/mol. The van der Waals surface area contributed by atoms with Gasteiger partial charge in [-0.2, -0.15) is 0 Å². The smallest absolute Gasteiger partial charge is 0.0894 e. The van der Waals surface area contributed by atoms with E-state index in [2.05, 4.69) is 12.2 Å². The van der Waals surface area contributed by atoms with Crippen LogP contribution in [0.2, 0.25) is 0 Å². The molecule has 0 amide bonds. The predicted octanol–water partition coefficient (Wildman–Crippen LogP) is 6.55. The van der Waals surface area contributed by atoms with Gasteiger partial charge in [-0.05, 0) is 38.5 Å². The van der Waals surface area contributed by atoms with Gasteiger partial charge in [0.1, 0.15) is 0 Å². The molecule has 0 aliphatic rings. The van der Waals surface area contributed by atoms with Crippen LogP contribution in [-0.2, 0) is 0 Å². The van der Waals surface area contributed by atoms with Crippen molar-refractivity contribution in [3.05, 3.63) is 12.2 Å². The molecule has 0 aromatic rings. The van der Waals surface area contributed by atoms with Gasteiger partial charge in [0.05, 0.1) is 13.3 Å². The molecule has 2 heteroatoms. The molecule has 0 saturated carbocycles. The van der Waals surface area contributed by atoms with Gasteiger partial charge in [-0.25, -0.2) is 0 Å². The standard InChI is InChI=1S/C17H32F2/c18-16-14-12-10-8-6-4-2-1-3-5-7-9-11-13-15-17-19/h1-2H,3-17H2. The fourth-order valence-electron chi connectivity index (χ4n) is 2.19. The van der Waals surface area contributed by atoms with Crippen LogP contribution in [-0.4, -0.2) is 13.3 Å². The Kier molecular flexibility index (Phi) is 17.2. The monoisotopic (exact) mass is 274 g/mol. The molecule has 0 atom stereocenters. The van der Waals surface area contributed by atoms with E-state index in [1.807, 2.05) is 0 Å². The van der Waals surface area contributed by atoms with Crippen LogP contribution in [0.25, 0.3) is 0 Å². The maximum Gasteiger partial charge on any atom is 0.0894 e. The number of halogens is 2. The maximum atomic E-state index is 11.8. The van der Waals surface area contributed by atoms with E-state index < -0.39 is 0 Å². The topological polar surface area (TPSA) is 0 Å². The number of rotatable bonds is 15. The van der Waals surface area contributed by atoms with Crippen molar-refractivity contribution in [3.63, 3.8) is 0 Å². The third-order valence-electron chi connectivity index (χ3n) is 3.43. The zero-order chi connectivity index (χ0) is 14.0. The molecule has 0 unspecified atom stereocenters. The summed E-state index contributed by atoms with van der Waals surface area (Å²) < 4.78 is 23.7. The molecule has 0 saturated heterocycles. The fourth-order valence-corrected chi connectivity index (χ4v) is 2.19. The van der Waals surface area contributed by atoms with Crippen molar-refractivity contribution in [2.45, 2.75) is 83.5 Å². The normalized spacial score (nSPS) is 11.5. The molecule has 0 fully saturated rings. The summed E-state index contributed by atoms with van der Waals surface area (Å²) in [6, 6.07) is 0. The molecule has 0 heterocycles. The van der Waals surface area contributed by atoms with Crippen LogP contribution in [0.3, 0.4) is 0 Å². The average Bonchev–Trinajstić information content (AvgIpc) is 2.43. The number of alkyl halides is 2. The van der Waals surface area contributed by atoms with Crippen LogP contribution in [0.5, 0.6) is 0 Å². The number of hydrogen-bond acceptors (Lipinski definition) is 0. The number of allylic oxidation sites excluding steroid dienone is 2. The third kappa shape index (κ3) is 17.6. The second kappa shape index (κ2) is 17.6. The average molecular weight is 274 g/mol. The summed E-state index contributed by atoms with van der Waals surface area (Å²) in [7, 11) is 0. The summed E-state index contributed by atoms with van der Waals surface area (Å²) in [6.07, 6.45) is 19.2. The Bertz CT molecular complexity index is 178. The lowest BCUT2D eigenvalue weighted by atomic mass is 10.1. The summed E-state index contributed by atoms with van der Waals surface area (Å²) in [5.41, 5.74) is 0. The van der Waals surface area contributed by atoms with E-state index in [0.717, 1.165) is 25.7 Å². The Hall–Kier alpha value is -0.400. The van der Waals surface area contributed by atoms with Crippen LogP contribution in [0, 0.1) is 0 Å². The van der Waals surface area contributed by atoms with E-state index in [0.29, 0.717) is 0 Å². The first kappa shape index (κ1) is 18.6. The highest BCUT2D eigenvalue weighted by molar-refractivity contribution is 4.81. The van der Waals surface area contributed by atoms with Crippen molar-refractivity contribution in [1.29, 1.82) is 0 Å². The molecule has 0 aliphatic carbocycles. The van der Waals surface area contributed by atoms with Gasteiger partial charge in [0, 0.05) is 0 Å². The third-order valence-corrected chi connectivity index (χ3v) is 3.43. The van der Waals surface area contributed by atoms with Crippen molar-refractivity contribution < 1.29 is 8.78 Å². The van der Waals surface area contributed by atoms with E-state index in [-0.39, 0.29) is 13.3 Å². The van der Waals surface area contributed by atoms with Gasteiger partial charge < -0.3 is 0 Å². The lowest BCUT2D eigenvalue weighted by Crippen LogP contribution is -1.81. The first-order valence-electron chi connectivity index (χ1n) is 8.18. The van der Waals surface area contributed by atoms with E-state index in [4.69, 9.17) is 0 Å². The molecule has 19 heavy (non-hydrogen) atoms. The molecular weight excluding hydrogens is 242 g/mol. The van der Waals surface area contributed by atoms with Crippen molar-refractivity contribution >= 4 is 0 Å². The quantitative estimate of drug-likeness (QED) is 0.234. The maximum absolute atomic E-state index is 11.8. The molecule has 114 valence electrons. The first-order chi connectivity index (χ1) is 9.41. The van der Waals surface area contributed by atoms with Crippen LogP contribution in [0.15, 0.2) is 12.2 Å². The highest BCUT2D eigenvalue weighted by Crippen LogP contribution is 2.09. The molecule has 0 rings (SSSR count). The number of hydrogen-bond donors (Lipinski definition) is 0. The van der Waals surface area contributed by atoms with Gasteiger partial charge in [-0.15, -0.1) is 0 Å². The van der Waals surface area contributed by atoms with Gasteiger partial charge in [0.2, 0.25) is 0 Å². The van der Waals surface area contributed by atoms with E-state index in [1.165, 1.54) is 57.8 Å². The zero-order valence-electron chi connectivity index (χ0n) is 12.5. The Morgan fingerprint density at radius 3 is 1.11 bits per heavy atom. The lowest BCUT2D eigenvalue weighted by molar-refractivity contribution is 0.450. The molecule has 0 aromatic heterocycles. The second-order valence-electron chi connectivity index (χ2n) is 5.32. The van der Waals surface area contributed by atoms with E-state index in [1.54, 1.807) is 0 Å². The summed E-state index contributed by atoms with van der Waals surface area (Å²) >= 11 is 0. The largest absolute Gasteiger partial charge is 0.251 e. The van der Waals surface area contributed by atoms with Crippen LogP contribution in [0.4, 0.5) is 8.78 Å². The lowest BCUT2D eigenvalue weighted by Gasteiger charge is -1.99. The van der Waals surface area contributed by atoms with Crippen LogP contribution >= 0.6 is 0 Å².